The second-order valence-electron chi connectivity index (χ2n) is 7.63. The van der Waals surface area contributed by atoms with Gasteiger partial charge in [0, 0.05) is 21.8 Å². The van der Waals surface area contributed by atoms with E-state index in [0.29, 0.717) is 22.9 Å². The molecule has 1 aromatic heterocycles. The van der Waals surface area contributed by atoms with Gasteiger partial charge in [-0.25, -0.2) is 0 Å². The lowest BCUT2D eigenvalue weighted by molar-refractivity contribution is 0.0950. The number of thiophene rings is 1. The van der Waals surface area contributed by atoms with E-state index in [4.69, 9.17) is 11.6 Å². The molecule has 0 saturated carbocycles. The molecule has 2 nitrogen and oxygen atoms in total. The van der Waals surface area contributed by atoms with Crippen LogP contribution < -0.4 is 5.32 Å². The molecular formula is C20H24ClNOS. The number of carbonyl (C=O) groups excluding carboxylic acids is 1. The van der Waals surface area contributed by atoms with E-state index >= 15 is 0 Å². The molecule has 1 aliphatic rings. The van der Waals surface area contributed by atoms with Gasteiger partial charge >= 0.3 is 0 Å². The van der Waals surface area contributed by atoms with Crippen LogP contribution in [0.1, 0.15) is 53.6 Å². The van der Waals surface area contributed by atoms with E-state index in [-0.39, 0.29) is 5.91 Å². The third kappa shape index (κ3) is 3.68. The highest BCUT2D eigenvalue weighted by molar-refractivity contribution is 7.10. The third-order valence-corrected chi connectivity index (χ3v) is 6.44. The number of amides is 1. The van der Waals surface area contributed by atoms with Gasteiger partial charge in [0.2, 0.25) is 0 Å². The van der Waals surface area contributed by atoms with Gasteiger partial charge in [0.25, 0.3) is 5.91 Å². The van der Waals surface area contributed by atoms with Crippen LogP contribution in [0.3, 0.4) is 0 Å². The molecule has 1 aliphatic carbocycles. The molecule has 0 unspecified atom stereocenters. The number of halogens is 1. The SMILES string of the molecule is CC(C)(C)[C@@H]1CCc2c(C(=O)NCc3ccccc3Cl)csc2C1. The minimum Gasteiger partial charge on any atom is -0.348 e. The number of rotatable bonds is 3. The zero-order valence-corrected chi connectivity index (χ0v) is 16.1. The average molecular weight is 362 g/mol. The molecule has 0 bridgehead atoms. The van der Waals surface area contributed by atoms with E-state index in [9.17, 15) is 4.79 Å². The van der Waals surface area contributed by atoms with Gasteiger partial charge < -0.3 is 5.32 Å². The van der Waals surface area contributed by atoms with Crippen LogP contribution in [0.5, 0.6) is 0 Å². The summed E-state index contributed by atoms with van der Waals surface area (Å²) in [6, 6.07) is 7.63. The van der Waals surface area contributed by atoms with Crippen LogP contribution in [0.25, 0.3) is 0 Å². The van der Waals surface area contributed by atoms with Crippen LogP contribution in [0.2, 0.25) is 5.02 Å². The molecule has 0 fully saturated rings. The quantitative estimate of drug-likeness (QED) is 0.770. The minimum absolute atomic E-state index is 0.0154. The van der Waals surface area contributed by atoms with Gasteiger partial charge in [-0.15, -0.1) is 11.3 Å². The van der Waals surface area contributed by atoms with E-state index in [1.165, 1.54) is 10.4 Å². The number of hydrogen-bond acceptors (Lipinski definition) is 2. The third-order valence-electron chi connectivity index (χ3n) is 5.02. The molecule has 2 aromatic rings. The summed E-state index contributed by atoms with van der Waals surface area (Å²) in [5, 5.41) is 5.74. The monoisotopic (exact) mass is 361 g/mol. The fourth-order valence-electron chi connectivity index (χ4n) is 3.35. The Labute approximate surface area is 153 Å². The van der Waals surface area contributed by atoms with Crippen molar-refractivity contribution < 1.29 is 4.79 Å². The molecule has 1 atom stereocenters. The highest BCUT2D eigenvalue weighted by atomic mass is 35.5. The zero-order chi connectivity index (χ0) is 17.3. The molecule has 1 amide bonds. The molecule has 0 aliphatic heterocycles. The first-order chi connectivity index (χ1) is 11.4. The van der Waals surface area contributed by atoms with Gasteiger partial charge in [-0.05, 0) is 47.8 Å². The van der Waals surface area contributed by atoms with E-state index in [2.05, 4.69) is 26.1 Å². The van der Waals surface area contributed by atoms with E-state index in [0.717, 1.165) is 30.4 Å². The molecule has 4 heteroatoms. The van der Waals surface area contributed by atoms with Crippen molar-refractivity contribution in [2.75, 3.05) is 0 Å². The van der Waals surface area contributed by atoms with Crippen molar-refractivity contribution in [3.05, 3.63) is 56.2 Å². The lowest BCUT2D eigenvalue weighted by atomic mass is 9.72. The summed E-state index contributed by atoms with van der Waals surface area (Å²) in [6.07, 6.45) is 3.27. The molecule has 3 rings (SSSR count). The lowest BCUT2D eigenvalue weighted by Crippen LogP contribution is -2.28. The second kappa shape index (κ2) is 6.89. The highest BCUT2D eigenvalue weighted by Gasteiger charge is 2.31. The average Bonchev–Trinajstić information content (AvgIpc) is 2.96. The minimum atomic E-state index is 0.0154. The van der Waals surface area contributed by atoms with Gasteiger partial charge in [-0.2, -0.15) is 0 Å². The zero-order valence-electron chi connectivity index (χ0n) is 14.5. The second-order valence-corrected chi connectivity index (χ2v) is 9.00. The molecule has 0 radical (unpaired) electrons. The normalized spacial score (nSPS) is 17.4. The summed E-state index contributed by atoms with van der Waals surface area (Å²) in [7, 11) is 0. The van der Waals surface area contributed by atoms with Crippen molar-refractivity contribution in [1.82, 2.24) is 5.32 Å². The Kier molecular flexibility index (Phi) is 5.03. The van der Waals surface area contributed by atoms with E-state index < -0.39 is 0 Å². The van der Waals surface area contributed by atoms with Crippen LogP contribution in [-0.4, -0.2) is 5.91 Å². The van der Waals surface area contributed by atoms with Crippen LogP contribution in [0, 0.1) is 11.3 Å². The maximum absolute atomic E-state index is 12.6. The first kappa shape index (κ1) is 17.5. The molecule has 24 heavy (non-hydrogen) atoms. The Hall–Kier alpha value is -1.32. The number of benzene rings is 1. The standard InChI is InChI=1S/C20H24ClNOS/c1-20(2,3)14-8-9-15-16(12-24-18(15)10-14)19(23)22-11-13-6-4-5-7-17(13)21/h4-7,12,14H,8-11H2,1-3H3,(H,22,23)/t14-/m1/s1. The van der Waals surface area contributed by atoms with Crippen molar-refractivity contribution >= 4 is 28.8 Å². The van der Waals surface area contributed by atoms with Gasteiger partial charge in [-0.1, -0.05) is 50.6 Å². The molecule has 1 aromatic carbocycles. The Morgan fingerprint density at radius 2 is 2.08 bits per heavy atom. The molecule has 1 heterocycles. The maximum atomic E-state index is 12.6. The molecule has 0 saturated heterocycles. The van der Waals surface area contributed by atoms with Crippen LogP contribution in [0.4, 0.5) is 0 Å². The number of fused-ring (bicyclic) bond motifs is 1. The fraction of sp³-hybridized carbons (Fsp3) is 0.450. The van der Waals surface area contributed by atoms with Crippen molar-refractivity contribution in [3.63, 3.8) is 0 Å². The summed E-state index contributed by atoms with van der Waals surface area (Å²) < 4.78 is 0. The Balaban J connectivity index is 1.70. The topological polar surface area (TPSA) is 29.1 Å². The molecular weight excluding hydrogens is 338 g/mol. The predicted octanol–water partition coefficient (Wildman–Crippen LogP) is 5.48. The maximum Gasteiger partial charge on any atom is 0.252 e. The number of hydrogen-bond donors (Lipinski definition) is 1. The van der Waals surface area contributed by atoms with E-state index in [1.54, 1.807) is 11.3 Å². The van der Waals surface area contributed by atoms with Crippen molar-refractivity contribution in [2.45, 2.75) is 46.6 Å². The van der Waals surface area contributed by atoms with Gasteiger partial charge in [0.05, 0.1) is 5.56 Å². The van der Waals surface area contributed by atoms with Gasteiger partial charge in [0.1, 0.15) is 0 Å². The highest BCUT2D eigenvalue weighted by Crippen LogP contribution is 2.40. The Morgan fingerprint density at radius 1 is 1.33 bits per heavy atom. The molecule has 128 valence electrons. The number of carbonyl (C=O) groups is 1. The summed E-state index contributed by atoms with van der Waals surface area (Å²) in [5.74, 6) is 0.712. The first-order valence-corrected chi connectivity index (χ1v) is 9.73. The summed E-state index contributed by atoms with van der Waals surface area (Å²) >= 11 is 7.90. The lowest BCUT2D eigenvalue weighted by Gasteiger charge is -2.34. The van der Waals surface area contributed by atoms with Crippen LogP contribution in [0.15, 0.2) is 29.6 Å². The summed E-state index contributed by atoms with van der Waals surface area (Å²) in [6.45, 7) is 7.40. The first-order valence-electron chi connectivity index (χ1n) is 8.47. The summed E-state index contributed by atoms with van der Waals surface area (Å²) in [4.78, 5) is 14.0. The fourth-order valence-corrected chi connectivity index (χ4v) is 4.72. The van der Waals surface area contributed by atoms with E-state index in [1.807, 2.05) is 29.6 Å². The largest absolute Gasteiger partial charge is 0.348 e. The molecule has 1 N–H and O–H groups in total. The van der Waals surface area contributed by atoms with Crippen LogP contribution in [-0.2, 0) is 19.4 Å². The van der Waals surface area contributed by atoms with Crippen molar-refractivity contribution in [1.29, 1.82) is 0 Å². The number of nitrogens with one attached hydrogen (secondary N) is 1. The smallest absolute Gasteiger partial charge is 0.252 e. The Morgan fingerprint density at radius 3 is 2.79 bits per heavy atom. The van der Waals surface area contributed by atoms with Crippen molar-refractivity contribution in [3.8, 4) is 0 Å². The van der Waals surface area contributed by atoms with Gasteiger partial charge in [0.15, 0.2) is 0 Å². The summed E-state index contributed by atoms with van der Waals surface area (Å²) in [5.41, 5.74) is 3.39. The Bertz CT molecular complexity index is 744. The van der Waals surface area contributed by atoms with Crippen LogP contribution >= 0.6 is 22.9 Å². The predicted molar refractivity (Wildman–Crippen MR) is 102 cm³/mol. The molecule has 0 spiro atoms. The van der Waals surface area contributed by atoms with Gasteiger partial charge in [-0.3, -0.25) is 4.79 Å². The van der Waals surface area contributed by atoms with Crippen molar-refractivity contribution in [2.24, 2.45) is 11.3 Å².